The quantitative estimate of drug-likeness (QED) is 0.588. The van der Waals surface area contributed by atoms with Crippen LogP contribution in [0.4, 0.5) is 4.79 Å². The first-order valence-corrected chi connectivity index (χ1v) is 12.0. The van der Waals surface area contributed by atoms with Gasteiger partial charge in [-0.25, -0.2) is 14.8 Å². The molecule has 1 N–H and O–H groups in total. The fourth-order valence-electron chi connectivity index (χ4n) is 4.49. The molecule has 1 aliphatic carbocycles. The van der Waals surface area contributed by atoms with Gasteiger partial charge in [0.2, 0.25) is 5.88 Å². The van der Waals surface area contributed by atoms with Crippen molar-refractivity contribution in [3.05, 3.63) is 81.7 Å². The topological polar surface area (TPSA) is 97.4 Å². The second-order valence-electron chi connectivity index (χ2n) is 10.2. The van der Waals surface area contributed by atoms with Gasteiger partial charge in [0.25, 0.3) is 5.56 Å². The minimum atomic E-state index is -0.591. The predicted molar refractivity (Wildman–Crippen MR) is 131 cm³/mol. The molecule has 3 heterocycles. The lowest BCUT2D eigenvalue weighted by Crippen LogP contribution is -2.37. The average Bonchev–Trinajstić information content (AvgIpc) is 3.63. The fourth-order valence-corrected chi connectivity index (χ4v) is 4.49. The lowest BCUT2D eigenvalue weighted by Gasteiger charge is -2.26. The molecule has 35 heavy (non-hydrogen) atoms. The van der Waals surface area contributed by atoms with Crippen molar-refractivity contribution in [2.24, 2.45) is 0 Å². The highest BCUT2D eigenvalue weighted by Gasteiger charge is 2.49. The zero-order valence-electron chi connectivity index (χ0n) is 20.3. The van der Waals surface area contributed by atoms with Gasteiger partial charge in [0.15, 0.2) is 0 Å². The Morgan fingerprint density at radius 1 is 1.14 bits per heavy atom. The summed E-state index contributed by atoms with van der Waals surface area (Å²) in [6, 6.07) is 13.4. The van der Waals surface area contributed by atoms with Crippen molar-refractivity contribution in [1.82, 2.24) is 19.9 Å². The molecule has 1 fully saturated rings. The van der Waals surface area contributed by atoms with Crippen LogP contribution in [0.15, 0.2) is 53.5 Å². The maximum atomic E-state index is 13.2. The van der Waals surface area contributed by atoms with Gasteiger partial charge in [-0.05, 0) is 70.2 Å². The van der Waals surface area contributed by atoms with Crippen LogP contribution in [0, 0.1) is 0 Å². The second-order valence-corrected chi connectivity index (χ2v) is 10.2. The first-order chi connectivity index (χ1) is 16.7. The number of carbonyl (C=O) groups is 1. The molecule has 0 bridgehead atoms. The van der Waals surface area contributed by atoms with E-state index in [-0.39, 0.29) is 17.5 Å². The standard InChI is InChI=1S/C27H30N4O4/c1-26(2,3)35-25(33)31-15-7-10-21-20(17-31)23(32)30-24(29-21)27(12-13-27)18-11-14-28-22(16-18)34-19-8-5-4-6-9-19/h4-6,8-9,11,14,16H,7,10,12-13,15,17H2,1-3H3,(H,29,30,32). The Bertz CT molecular complexity index is 1290. The molecule has 1 aliphatic heterocycles. The normalized spacial score (nSPS) is 16.7. The molecule has 0 atom stereocenters. The van der Waals surface area contributed by atoms with Crippen molar-refractivity contribution in [3.63, 3.8) is 0 Å². The Hall–Kier alpha value is -3.68. The van der Waals surface area contributed by atoms with E-state index in [0.717, 1.165) is 30.5 Å². The van der Waals surface area contributed by atoms with Gasteiger partial charge in [-0.3, -0.25) is 4.79 Å². The SMILES string of the molecule is CC(C)(C)OC(=O)N1CCCc2nc(C3(c4ccnc(Oc5ccccc5)c4)CC3)[nH]c(=O)c2C1. The van der Waals surface area contributed by atoms with E-state index in [4.69, 9.17) is 14.5 Å². The van der Waals surface area contributed by atoms with Gasteiger partial charge < -0.3 is 19.4 Å². The molecule has 0 spiro atoms. The lowest BCUT2D eigenvalue weighted by molar-refractivity contribution is 0.0236. The van der Waals surface area contributed by atoms with Crippen LogP contribution in [0.1, 0.15) is 62.7 Å². The van der Waals surface area contributed by atoms with Gasteiger partial charge in [-0.2, -0.15) is 0 Å². The van der Waals surface area contributed by atoms with E-state index in [2.05, 4.69) is 9.97 Å². The molecule has 8 heteroatoms. The number of pyridine rings is 1. The van der Waals surface area contributed by atoms with Crippen molar-refractivity contribution >= 4 is 6.09 Å². The van der Waals surface area contributed by atoms with Gasteiger partial charge in [0, 0.05) is 18.8 Å². The van der Waals surface area contributed by atoms with Crippen molar-refractivity contribution < 1.29 is 14.3 Å². The zero-order valence-corrected chi connectivity index (χ0v) is 20.3. The maximum absolute atomic E-state index is 13.2. The van der Waals surface area contributed by atoms with Crippen LogP contribution in [-0.2, 0) is 23.1 Å². The molecular formula is C27H30N4O4. The average molecular weight is 475 g/mol. The monoisotopic (exact) mass is 474 g/mol. The number of aromatic nitrogens is 3. The van der Waals surface area contributed by atoms with Gasteiger partial charge in [0.1, 0.15) is 17.2 Å². The molecule has 0 saturated heterocycles. The highest BCUT2D eigenvalue weighted by atomic mass is 16.6. The molecule has 1 aromatic carbocycles. The summed E-state index contributed by atoms with van der Waals surface area (Å²) in [5, 5.41) is 0. The van der Waals surface area contributed by atoms with E-state index in [1.165, 1.54) is 0 Å². The number of rotatable bonds is 4. The minimum Gasteiger partial charge on any atom is -0.444 e. The molecule has 1 saturated carbocycles. The molecular weight excluding hydrogens is 444 g/mol. The molecule has 0 radical (unpaired) electrons. The van der Waals surface area contributed by atoms with Gasteiger partial charge >= 0.3 is 6.09 Å². The third-order valence-corrected chi connectivity index (χ3v) is 6.40. The summed E-state index contributed by atoms with van der Waals surface area (Å²) in [5.74, 6) is 1.89. The van der Waals surface area contributed by atoms with E-state index in [0.29, 0.717) is 36.0 Å². The highest BCUT2D eigenvalue weighted by Crippen LogP contribution is 2.52. The number of ether oxygens (including phenoxy) is 2. The van der Waals surface area contributed by atoms with Gasteiger partial charge in [-0.1, -0.05) is 18.2 Å². The third kappa shape index (κ3) is 4.92. The summed E-state index contributed by atoms with van der Waals surface area (Å²) < 4.78 is 11.4. The number of carbonyl (C=O) groups excluding carboxylic acids is 1. The molecule has 0 unspecified atom stereocenters. The molecule has 3 aromatic rings. The number of aromatic amines is 1. The second kappa shape index (κ2) is 8.83. The number of hydrogen-bond donors (Lipinski definition) is 1. The fraction of sp³-hybridized carbons (Fsp3) is 0.407. The van der Waals surface area contributed by atoms with E-state index in [9.17, 15) is 9.59 Å². The van der Waals surface area contributed by atoms with Crippen molar-refractivity contribution in [2.45, 2.75) is 64.0 Å². The van der Waals surface area contributed by atoms with Gasteiger partial charge in [0.05, 0.1) is 23.2 Å². The van der Waals surface area contributed by atoms with Crippen molar-refractivity contribution in [3.8, 4) is 11.6 Å². The zero-order chi connectivity index (χ0) is 24.6. The molecule has 2 aliphatic rings. The molecule has 8 nitrogen and oxygen atoms in total. The van der Waals surface area contributed by atoms with Gasteiger partial charge in [-0.15, -0.1) is 0 Å². The van der Waals surface area contributed by atoms with Crippen LogP contribution < -0.4 is 10.3 Å². The first-order valence-electron chi connectivity index (χ1n) is 12.0. The van der Waals surface area contributed by atoms with Crippen molar-refractivity contribution in [1.29, 1.82) is 0 Å². The van der Waals surface area contributed by atoms with E-state index < -0.39 is 11.7 Å². The Balaban J connectivity index is 1.42. The summed E-state index contributed by atoms with van der Waals surface area (Å²) >= 11 is 0. The van der Waals surface area contributed by atoms with Crippen LogP contribution >= 0.6 is 0 Å². The highest BCUT2D eigenvalue weighted by molar-refractivity contribution is 5.68. The van der Waals surface area contributed by atoms with Crippen LogP contribution in [0.3, 0.4) is 0 Å². The van der Waals surface area contributed by atoms with E-state index >= 15 is 0 Å². The predicted octanol–water partition coefficient (Wildman–Crippen LogP) is 4.72. The molecule has 1 amide bonds. The van der Waals surface area contributed by atoms with Crippen LogP contribution in [0.25, 0.3) is 0 Å². The Morgan fingerprint density at radius 2 is 1.91 bits per heavy atom. The number of nitrogens with zero attached hydrogens (tertiary/aromatic N) is 3. The summed E-state index contributed by atoms with van der Waals surface area (Å²) in [6.45, 7) is 6.23. The number of aryl methyl sites for hydroxylation is 1. The first kappa shape index (κ1) is 23.1. The smallest absolute Gasteiger partial charge is 0.410 e. The molecule has 2 aromatic heterocycles. The number of hydrogen-bond acceptors (Lipinski definition) is 6. The lowest BCUT2D eigenvalue weighted by atomic mass is 9.95. The minimum absolute atomic E-state index is 0.193. The van der Waals surface area contributed by atoms with Crippen molar-refractivity contribution in [2.75, 3.05) is 6.54 Å². The number of nitrogens with one attached hydrogen (secondary N) is 1. The van der Waals surface area contributed by atoms with E-state index in [1.807, 2.05) is 63.2 Å². The number of amides is 1. The number of para-hydroxylation sites is 1. The number of benzene rings is 1. The summed E-state index contributed by atoms with van der Waals surface area (Å²) in [6.07, 6.45) is 4.45. The largest absolute Gasteiger partial charge is 0.444 e. The Labute approximate surface area is 204 Å². The van der Waals surface area contributed by atoms with Crippen LogP contribution in [-0.4, -0.2) is 38.1 Å². The molecule has 182 valence electrons. The maximum Gasteiger partial charge on any atom is 0.410 e. The Morgan fingerprint density at radius 3 is 2.63 bits per heavy atom. The van der Waals surface area contributed by atoms with Crippen LogP contribution in [0.5, 0.6) is 11.6 Å². The number of fused-ring (bicyclic) bond motifs is 1. The third-order valence-electron chi connectivity index (χ3n) is 6.40. The Kier molecular flexibility index (Phi) is 5.83. The number of H-pyrrole nitrogens is 1. The summed E-state index contributed by atoms with van der Waals surface area (Å²) in [7, 11) is 0. The van der Waals surface area contributed by atoms with E-state index in [1.54, 1.807) is 11.1 Å². The van der Waals surface area contributed by atoms with Crippen LogP contribution in [0.2, 0.25) is 0 Å². The summed E-state index contributed by atoms with van der Waals surface area (Å²) in [5.41, 5.74) is 1.18. The molecule has 5 rings (SSSR count). The summed E-state index contributed by atoms with van der Waals surface area (Å²) in [4.78, 5) is 39.7.